The summed E-state index contributed by atoms with van der Waals surface area (Å²) >= 11 is 7.93. The molecule has 2 aromatic carbocycles. The number of rotatable bonds is 10. The van der Waals surface area contributed by atoms with Crippen molar-refractivity contribution in [3.63, 3.8) is 0 Å². The minimum absolute atomic E-state index is 0.0199. The van der Waals surface area contributed by atoms with Crippen LogP contribution in [0.2, 0.25) is 5.02 Å². The molecule has 1 unspecified atom stereocenters. The SMILES string of the molecule is CC(C)(C)Sc1c(CC(C)(C)C(=O)O)n(Cc2ccc(Cl)cc2)c2ccc(OCC3CCCN3C(=O)c3cccnc3)cc12. The maximum atomic E-state index is 13.2. The molecule has 0 saturated carbocycles. The number of carbonyl (C=O) groups is 2. The molecule has 7 nitrogen and oxygen atoms in total. The Morgan fingerprint density at radius 2 is 1.84 bits per heavy atom. The Balaban J connectivity index is 1.51. The molecular formula is C35H40ClN3O4S. The molecule has 44 heavy (non-hydrogen) atoms. The fraction of sp³-hybridized carbons (Fsp3) is 0.400. The number of carboxylic acid groups (broad SMARTS) is 1. The second-order valence-electron chi connectivity index (χ2n) is 13.1. The molecule has 4 aromatic rings. The van der Waals surface area contributed by atoms with Crippen LogP contribution in [0.25, 0.3) is 10.9 Å². The lowest BCUT2D eigenvalue weighted by Crippen LogP contribution is -2.39. The number of likely N-dealkylation sites (tertiary alicyclic amines) is 1. The number of aliphatic carboxylic acids is 1. The number of thioether (sulfide) groups is 1. The van der Waals surface area contributed by atoms with E-state index in [1.54, 1.807) is 50.1 Å². The highest BCUT2D eigenvalue weighted by molar-refractivity contribution is 8.00. The molecule has 1 aliphatic heterocycles. The van der Waals surface area contributed by atoms with Gasteiger partial charge in [0, 0.05) is 63.2 Å². The predicted molar refractivity (Wildman–Crippen MR) is 177 cm³/mol. The summed E-state index contributed by atoms with van der Waals surface area (Å²) in [5.74, 6) is -0.131. The highest BCUT2D eigenvalue weighted by Gasteiger charge is 2.33. The summed E-state index contributed by atoms with van der Waals surface area (Å²) in [5, 5.41) is 11.8. The number of fused-ring (bicyclic) bond motifs is 1. The smallest absolute Gasteiger partial charge is 0.309 e. The van der Waals surface area contributed by atoms with Gasteiger partial charge in [0.15, 0.2) is 0 Å². The van der Waals surface area contributed by atoms with Gasteiger partial charge in [0.2, 0.25) is 0 Å². The van der Waals surface area contributed by atoms with Crippen LogP contribution in [0.15, 0.2) is 71.9 Å². The molecule has 0 aliphatic carbocycles. The molecule has 2 aromatic heterocycles. The molecule has 0 radical (unpaired) electrons. The van der Waals surface area contributed by atoms with E-state index in [1.807, 2.05) is 35.2 Å². The topological polar surface area (TPSA) is 84.7 Å². The van der Waals surface area contributed by atoms with Gasteiger partial charge in [0.1, 0.15) is 12.4 Å². The summed E-state index contributed by atoms with van der Waals surface area (Å²) in [5.41, 5.74) is 2.70. The standard InChI is InChI=1S/C35H40ClN3O4S/c1-34(2,3)44-31-28-18-27(43-22-26-9-7-17-38(26)32(40)24-8-6-16-37-20-24)14-15-29(28)39(21-23-10-12-25(36)13-11-23)30(31)19-35(4,5)33(41)42/h6,8,10-16,18,20,26H,7,9,17,19,21-22H2,1-5H3,(H,41,42). The number of hydrogen-bond acceptors (Lipinski definition) is 5. The number of benzene rings is 2. The molecule has 0 bridgehead atoms. The van der Waals surface area contributed by atoms with Crippen molar-refractivity contribution in [3.05, 3.63) is 88.8 Å². The van der Waals surface area contributed by atoms with E-state index < -0.39 is 11.4 Å². The Morgan fingerprint density at radius 1 is 1.09 bits per heavy atom. The maximum absolute atomic E-state index is 13.2. The van der Waals surface area contributed by atoms with Crippen LogP contribution in [0.1, 0.15) is 69.1 Å². The van der Waals surface area contributed by atoms with E-state index in [-0.39, 0.29) is 16.7 Å². The summed E-state index contributed by atoms with van der Waals surface area (Å²) in [6.07, 6.45) is 5.46. The fourth-order valence-corrected chi connectivity index (χ4v) is 6.92. The van der Waals surface area contributed by atoms with Crippen molar-refractivity contribution < 1.29 is 19.4 Å². The lowest BCUT2D eigenvalue weighted by Gasteiger charge is -2.25. The molecule has 1 N–H and O–H groups in total. The van der Waals surface area contributed by atoms with E-state index >= 15 is 0 Å². The zero-order valence-corrected chi connectivity index (χ0v) is 27.5. The number of halogens is 1. The van der Waals surface area contributed by atoms with Gasteiger partial charge in [-0.1, -0.05) is 44.5 Å². The number of carboxylic acids is 1. The first-order valence-corrected chi connectivity index (χ1v) is 16.2. The van der Waals surface area contributed by atoms with Gasteiger partial charge in [-0.3, -0.25) is 14.6 Å². The molecular weight excluding hydrogens is 594 g/mol. The Kier molecular flexibility index (Phi) is 9.33. The normalized spacial score (nSPS) is 15.6. The Morgan fingerprint density at radius 3 is 2.50 bits per heavy atom. The van der Waals surface area contributed by atoms with Crippen LogP contribution in [0.4, 0.5) is 0 Å². The third-order valence-corrected chi connectivity index (χ3v) is 9.45. The van der Waals surface area contributed by atoms with Crippen LogP contribution < -0.4 is 4.74 Å². The second kappa shape index (κ2) is 12.9. The molecule has 0 spiro atoms. The monoisotopic (exact) mass is 633 g/mol. The number of nitrogens with zero attached hydrogens (tertiary/aromatic N) is 3. The van der Waals surface area contributed by atoms with Gasteiger partial charge < -0.3 is 19.3 Å². The van der Waals surface area contributed by atoms with Crippen molar-refractivity contribution in [2.45, 2.75) is 76.1 Å². The molecule has 3 heterocycles. The van der Waals surface area contributed by atoms with E-state index in [0.717, 1.165) is 45.6 Å². The molecule has 1 aliphatic rings. The third kappa shape index (κ3) is 7.24. The first-order chi connectivity index (χ1) is 20.8. The predicted octanol–water partition coefficient (Wildman–Crippen LogP) is 7.97. The second-order valence-corrected chi connectivity index (χ2v) is 15.4. The molecule has 1 fully saturated rings. The van der Waals surface area contributed by atoms with Crippen molar-refractivity contribution in [2.75, 3.05) is 13.2 Å². The van der Waals surface area contributed by atoms with Crippen LogP contribution in [0, 0.1) is 5.41 Å². The first kappa shape index (κ1) is 31.9. The Hall–Kier alpha value is -3.49. The highest BCUT2D eigenvalue weighted by Crippen LogP contribution is 2.44. The van der Waals surface area contributed by atoms with Gasteiger partial charge in [0.05, 0.1) is 17.0 Å². The number of ether oxygens (including phenoxy) is 1. The summed E-state index contributed by atoms with van der Waals surface area (Å²) in [6, 6.07) is 17.4. The maximum Gasteiger partial charge on any atom is 0.309 e. The van der Waals surface area contributed by atoms with Gasteiger partial charge in [-0.05, 0) is 74.7 Å². The van der Waals surface area contributed by atoms with Crippen molar-refractivity contribution in [1.82, 2.24) is 14.5 Å². The quantitative estimate of drug-likeness (QED) is 0.178. The van der Waals surface area contributed by atoms with Crippen molar-refractivity contribution in [3.8, 4) is 5.75 Å². The third-order valence-electron chi connectivity index (χ3n) is 7.93. The van der Waals surface area contributed by atoms with E-state index in [2.05, 4.69) is 42.5 Å². The van der Waals surface area contributed by atoms with Crippen molar-refractivity contribution in [2.24, 2.45) is 5.41 Å². The molecule has 232 valence electrons. The number of amides is 1. The minimum Gasteiger partial charge on any atom is -0.491 e. The van der Waals surface area contributed by atoms with Crippen molar-refractivity contribution in [1.29, 1.82) is 0 Å². The van der Waals surface area contributed by atoms with E-state index in [1.165, 1.54) is 0 Å². The average molecular weight is 634 g/mol. The average Bonchev–Trinajstić information content (AvgIpc) is 3.55. The number of carbonyl (C=O) groups excluding carboxylic acids is 1. The number of hydrogen-bond donors (Lipinski definition) is 1. The summed E-state index contributed by atoms with van der Waals surface area (Å²) < 4.78 is 8.51. The Labute approximate surface area is 268 Å². The van der Waals surface area contributed by atoms with E-state index in [9.17, 15) is 14.7 Å². The molecule has 1 atom stereocenters. The van der Waals surface area contributed by atoms with Crippen LogP contribution in [-0.2, 0) is 17.8 Å². The largest absolute Gasteiger partial charge is 0.491 e. The van der Waals surface area contributed by atoms with E-state index in [4.69, 9.17) is 16.3 Å². The summed E-state index contributed by atoms with van der Waals surface area (Å²) in [6.45, 7) is 11.7. The van der Waals surface area contributed by atoms with Gasteiger partial charge in [-0.15, -0.1) is 11.8 Å². The molecule has 5 rings (SSSR count). The minimum atomic E-state index is -0.967. The molecule has 1 amide bonds. The molecule has 1 saturated heterocycles. The van der Waals surface area contributed by atoms with Crippen LogP contribution >= 0.6 is 23.4 Å². The van der Waals surface area contributed by atoms with Gasteiger partial charge in [-0.2, -0.15) is 0 Å². The van der Waals surface area contributed by atoms with Crippen molar-refractivity contribution >= 4 is 46.1 Å². The Bertz CT molecular complexity index is 1640. The summed E-state index contributed by atoms with van der Waals surface area (Å²) in [4.78, 5) is 32.5. The summed E-state index contributed by atoms with van der Waals surface area (Å²) in [7, 11) is 0. The lowest BCUT2D eigenvalue weighted by atomic mass is 9.88. The molecule has 9 heteroatoms. The highest BCUT2D eigenvalue weighted by atomic mass is 35.5. The first-order valence-electron chi connectivity index (χ1n) is 15.0. The fourth-order valence-electron chi connectivity index (χ4n) is 5.61. The van der Waals surface area contributed by atoms with Crippen LogP contribution in [-0.4, -0.2) is 55.4 Å². The van der Waals surface area contributed by atoms with Gasteiger partial charge in [0.25, 0.3) is 5.91 Å². The van der Waals surface area contributed by atoms with Crippen LogP contribution in [0.3, 0.4) is 0 Å². The zero-order valence-electron chi connectivity index (χ0n) is 26.0. The van der Waals surface area contributed by atoms with Crippen LogP contribution in [0.5, 0.6) is 5.75 Å². The van der Waals surface area contributed by atoms with Gasteiger partial charge >= 0.3 is 5.97 Å². The van der Waals surface area contributed by atoms with Gasteiger partial charge in [-0.25, -0.2) is 0 Å². The number of pyridine rings is 1. The lowest BCUT2D eigenvalue weighted by molar-refractivity contribution is -0.146. The zero-order chi connectivity index (χ0) is 31.6. The van der Waals surface area contributed by atoms with E-state index in [0.29, 0.717) is 36.7 Å². The number of aromatic nitrogens is 2.